The lowest BCUT2D eigenvalue weighted by Gasteiger charge is -2.26. The summed E-state index contributed by atoms with van der Waals surface area (Å²) in [5, 5.41) is 29.3. The van der Waals surface area contributed by atoms with E-state index in [1.807, 2.05) is 12.1 Å². The summed E-state index contributed by atoms with van der Waals surface area (Å²) in [5.41, 5.74) is 2.47. The van der Waals surface area contributed by atoms with Crippen LogP contribution in [0.3, 0.4) is 0 Å². The van der Waals surface area contributed by atoms with E-state index in [2.05, 4.69) is 6.92 Å². The van der Waals surface area contributed by atoms with Crippen LogP contribution < -0.4 is 0 Å². The third-order valence-corrected chi connectivity index (χ3v) is 4.80. The Morgan fingerprint density at radius 1 is 0.769 bits per heavy atom. The maximum atomic E-state index is 13.0. The van der Waals surface area contributed by atoms with Gasteiger partial charge in [-0.25, -0.2) is 4.39 Å². The molecule has 0 heterocycles. The van der Waals surface area contributed by atoms with Crippen molar-refractivity contribution in [3.05, 3.63) is 59.9 Å². The monoisotopic (exact) mass is 360 g/mol. The van der Waals surface area contributed by atoms with E-state index >= 15 is 0 Å². The van der Waals surface area contributed by atoms with Gasteiger partial charge in [0, 0.05) is 0 Å². The standard InChI is InChI=1S/C22H29FO3/c1-2-3-4-5-6-7-8-21(22(24,25)26)19-11-9-17(10-12-19)18-13-15-20(23)16-14-18/h9-16,21,24-26H,2-8H2,1H3. The van der Waals surface area contributed by atoms with Crippen molar-refractivity contribution in [2.75, 3.05) is 0 Å². The van der Waals surface area contributed by atoms with E-state index in [0.29, 0.717) is 12.0 Å². The summed E-state index contributed by atoms with van der Waals surface area (Å²) in [6.45, 7) is 2.17. The Bertz CT molecular complexity index is 645. The summed E-state index contributed by atoms with van der Waals surface area (Å²) >= 11 is 0. The molecule has 0 fully saturated rings. The van der Waals surface area contributed by atoms with Crippen LogP contribution in [0.2, 0.25) is 0 Å². The van der Waals surface area contributed by atoms with Crippen molar-refractivity contribution in [1.29, 1.82) is 0 Å². The highest BCUT2D eigenvalue weighted by Crippen LogP contribution is 2.32. The molecule has 0 saturated heterocycles. The minimum atomic E-state index is -2.74. The highest BCUT2D eigenvalue weighted by Gasteiger charge is 2.32. The van der Waals surface area contributed by atoms with Crippen molar-refractivity contribution < 1.29 is 19.7 Å². The second-order valence-corrected chi connectivity index (χ2v) is 6.93. The Morgan fingerprint density at radius 2 is 1.27 bits per heavy atom. The van der Waals surface area contributed by atoms with E-state index in [4.69, 9.17) is 0 Å². The molecular weight excluding hydrogens is 331 g/mol. The van der Waals surface area contributed by atoms with Gasteiger partial charge in [-0.3, -0.25) is 0 Å². The van der Waals surface area contributed by atoms with Gasteiger partial charge < -0.3 is 15.3 Å². The minimum absolute atomic E-state index is 0.282. The van der Waals surface area contributed by atoms with E-state index in [9.17, 15) is 19.7 Å². The Morgan fingerprint density at radius 3 is 1.81 bits per heavy atom. The van der Waals surface area contributed by atoms with Crippen LogP contribution in [0.25, 0.3) is 11.1 Å². The average molecular weight is 360 g/mol. The zero-order chi connectivity index (χ0) is 19.0. The van der Waals surface area contributed by atoms with Gasteiger partial charge in [0.1, 0.15) is 5.82 Å². The van der Waals surface area contributed by atoms with Crippen molar-refractivity contribution in [2.45, 2.75) is 63.8 Å². The first-order valence-electron chi connectivity index (χ1n) is 9.45. The van der Waals surface area contributed by atoms with Crippen LogP contribution in [0.1, 0.15) is 63.4 Å². The molecule has 0 aliphatic heterocycles. The molecule has 2 rings (SSSR count). The molecule has 1 unspecified atom stereocenters. The van der Waals surface area contributed by atoms with Crippen molar-refractivity contribution in [1.82, 2.24) is 0 Å². The second kappa shape index (κ2) is 9.81. The molecule has 4 heteroatoms. The molecule has 0 aliphatic rings. The van der Waals surface area contributed by atoms with Gasteiger partial charge in [0.15, 0.2) is 0 Å². The molecule has 3 nitrogen and oxygen atoms in total. The van der Waals surface area contributed by atoms with E-state index in [0.717, 1.165) is 30.4 Å². The third-order valence-electron chi connectivity index (χ3n) is 4.80. The first kappa shape index (κ1) is 20.6. The molecule has 0 bridgehead atoms. The van der Waals surface area contributed by atoms with Crippen LogP contribution in [0.15, 0.2) is 48.5 Å². The Kier molecular flexibility index (Phi) is 7.76. The molecule has 0 saturated carbocycles. The molecule has 1 atom stereocenters. The zero-order valence-corrected chi connectivity index (χ0v) is 15.4. The van der Waals surface area contributed by atoms with Crippen LogP contribution in [0, 0.1) is 5.82 Å². The SMILES string of the molecule is CCCCCCCCC(c1ccc(-c2ccc(F)cc2)cc1)C(O)(O)O. The molecule has 0 spiro atoms. The number of benzene rings is 2. The van der Waals surface area contributed by atoms with Crippen molar-refractivity contribution in [3.63, 3.8) is 0 Å². The minimum Gasteiger partial charge on any atom is -0.343 e. The number of halogens is 1. The molecule has 0 amide bonds. The second-order valence-electron chi connectivity index (χ2n) is 6.93. The maximum absolute atomic E-state index is 13.0. The number of aliphatic hydroxyl groups is 3. The summed E-state index contributed by atoms with van der Waals surface area (Å²) in [6.07, 6.45) is 7.08. The Labute approximate surface area is 155 Å². The lowest BCUT2D eigenvalue weighted by atomic mass is 9.89. The van der Waals surface area contributed by atoms with E-state index in [1.165, 1.54) is 31.4 Å². The van der Waals surface area contributed by atoms with Gasteiger partial charge in [-0.05, 0) is 35.2 Å². The molecule has 3 N–H and O–H groups in total. The molecular formula is C22H29FO3. The fourth-order valence-corrected chi connectivity index (χ4v) is 3.26. The van der Waals surface area contributed by atoms with E-state index in [1.54, 1.807) is 24.3 Å². The molecule has 26 heavy (non-hydrogen) atoms. The number of hydrogen-bond donors (Lipinski definition) is 3. The smallest absolute Gasteiger partial charge is 0.282 e. The summed E-state index contributed by atoms with van der Waals surface area (Å²) in [4.78, 5) is 0. The average Bonchev–Trinajstić information content (AvgIpc) is 2.61. The predicted octanol–water partition coefficient (Wildman–Crippen LogP) is 4.96. The first-order valence-corrected chi connectivity index (χ1v) is 9.45. The van der Waals surface area contributed by atoms with Gasteiger partial charge in [-0.15, -0.1) is 0 Å². The summed E-state index contributed by atoms with van der Waals surface area (Å²) in [5.74, 6) is -3.77. The predicted molar refractivity (Wildman–Crippen MR) is 102 cm³/mol. The third kappa shape index (κ3) is 6.20. The van der Waals surface area contributed by atoms with E-state index in [-0.39, 0.29) is 5.82 Å². The van der Waals surface area contributed by atoms with Crippen LogP contribution in [0.4, 0.5) is 4.39 Å². The van der Waals surface area contributed by atoms with Crippen LogP contribution in [0.5, 0.6) is 0 Å². The van der Waals surface area contributed by atoms with Gasteiger partial charge in [-0.2, -0.15) is 0 Å². The van der Waals surface area contributed by atoms with E-state index < -0.39 is 11.9 Å². The van der Waals surface area contributed by atoms with Gasteiger partial charge in [0.25, 0.3) is 5.97 Å². The first-order chi connectivity index (χ1) is 12.4. The highest BCUT2D eigenvalue weighted by atomic mass is 19.1. The van der Waals surface area contributed by atoms with Gasteiger partial charge >= 0.3 is 0 Å². The van der Waals surface area contributed by atoms with Crippen molar-refractivity contribution >= 4 is 0 Å². The van der Waals surface area contributed by atoms with Gasteiger partial charge in [0.05, 0.1) is 5.92 Å². The summed E-state index contributed by atoms with van der Waals surface area (Å²) in [6, 6.07) is 13.5. The quantitative estimate of drug-likeness (QED) is 0.415. The Balaban J connectivity index is 2.02. The maximum Gasteiger partial charge on any atom is 0.282 e. The highest BCUT2D eigenvalue weighted by molar-refractivity contribution is 5.63. The molecule has 2 aromatic carbocycles. The lowest BCUT2D eigenvalue weighted by Crippen LogP contribution is -2.35. The molecule has 142 valence electrons. The normalized spacial score (nSPS) is 13.0. The zero-order valence-electron chi connectivity index (χ0n) is 15.4. The fraction of sp³-hybridized carbons (Fsp3) is 0.455. The fourth-order valence-electron chi connectivity index (χ4n) is 3.26. The topological polar surface area (TPSA) is 60.7 Å². The molecule has 0 aromatic heterocycles. The largest absolute Gasteiger partial charge is 0.343 e. The van der Waals surface area contributed by atoms with Crippen molar-refractivity contribution in [3.8, 4) is 11.1 Å². The number of hydrogen-bond acceptors (Lipinski definition) is 3. The number of rotatable bonds is 10. The van der Waals surface area contributed by atoms with Crippen LogP contribution in [-0.2, 0) is 0 Å². The molecule has 0 radical (unpaired) electrons. The van der Waals surface area contributed by atoms with Crippen LogP contribution >= 0.6 is 0 Å². The van der Waals surface area contributed by atoms with Gasteiger partial charge in [0.2, 0.25) is 0 Å². The van der Waals surface area contributed by atoms with Crippen LogP contribution in [-0.4, -0.2) is 21.3 Å². The summed E-state index contributed by atoms with van der Waals surface area (Å²) < 4.78 is 13.0. The van der Waals surface area contributed by atoms with Crippen molar-refractivity contribution in [2.24, 2.45) is 0 Å². The summed E-state index contributed by atoms with van der Waals surface area (Å²) in [7, 11) is 0. The molecule has 2 aromatic rings. The van der Waals surface area contributed by atoms with Gasteiger partial charge in [-0.1, -0.05) is 81.8 Å². The lowest BCUT2D eigenvalue weighted by molar-refractivity contribution is -0.326. The molecule has 0 aliphatic carbocycles. The Hall–Kier alpha value is -1.75. The number of unbranched alkanes of at least 4 members (excludes halogenated alkanes) is 5.